The SMILES string of the molecule is CCC1NC(=O)NC(CCl)=C1C(=O)O. The molecule has 1 rings (SSSR count). The van der Waals surface area contributed by atoms with Gasteiger partial charge >= 0.3 is 12.0 Å². The first-order valence-corrected chi connectivity index (χ1v) is 4.73. The number of carboxylic acids is 1. The molecule has 78 valence electrons. The average molecular weight is 219 g/mol. The lowest BCUT2D eigenvalue weighted by atomic mass is 10.0. The van der Waals surface area contributed by atoms with Gasteiger partial charge in [0.15, 0.2) is 0 Å². The molecule has 3 N–H and O–H groups in total. The van der Waals surface area contributed by atoms with Crippen LogP contribution in [0.4, 0.5) is 4.79 Å². The molecule has 0 aromatic rings. The van der Waals surface area contributed by atoms with Gasteiger partial charge in [0, 0.05) is 5.70 Å². The van der Waals surface area contributed by atoms with Gasteiger partial charge in [-0.05, 0) is 6.42 Å². The Balaban J connectivity index is 3.08. The smallest absolute Gasteiger partial charge is 0.335 e. The molecule has 1 atom stereocenters. The van der Waals surface area contributed by atoms with Crippen LogP contribution in [0.2, 0.25) is 0 Å². The van der Waals surface area contributed by atoms with Crippen LogP contribution in [-0.4, -0.2) is 29.0 Å². The lowest BCUT2D eigenvalue weighted by Crippen LogP contribution is -2.50. The van der Waals surface area contributed by atoms with E-state index in [2.05, 4.69) is 10.6 Å². The molecule has 0 saturated heterocycles. The Morgan fingerprint density at radius 2 is 2.29 bits per heavy atom. The molecule has 1 unspecified atom stereocenters. The van der Waals surface area contributed by atoms with Crippen molar-refractivity contribution in [3.63, 3.8) is 0 Å². The quantitative estimate of drug-likeness (QED) is 0.609. The van der Waals surface area contributed by atoms with Crippen molar-refractivity contribution < 1.29 is 14.7 Å². The van der Waals surface area contributed by atoms with E-state index in [-0.39, 0.29) is 17.2 Å². The maximum absolute atomic E-state index is 11.1. The molecule has 0 aromatic carbocycles. The summed E-state index contributed by atoms with van der Waals surface area (Å²) >= 11 is 5.54. The number of nitrogens with one attached hydrogen (secondary N) is 2. The van der Waals surface area contributed by atoms with Crippen LogP contribution in [0.25, 0.3) is 0 Å². The zero-order valence-corrected chi connectivity index (χ0v) is 8.39. The van der Waals surface area contributed by atoms with Crippen molar-refractivity contribution in [2.75, 3.05) is 5.88 Å². The monoisotopic (exact) mass is 218 g/mol. The van der Waals surface area contributed by atoms with E-state index in [0.717, 1.165) is 0 Å². The maximum atomic E-state index is 11.1. The number of hydrogen-bond acceptors (Lipinski definition) is 2. The minimum absolute atomic E-state index is 0.00838. The number of halogens is 1. The molecule has 0 spiro atoms. The van der Waals surface area contributed by atoms with Gasteiger partial charge in [-0.15, -0.1) is 11.6 Å². The van der Waals surface area contributed by atoms with E-state index in [1.807, 2.05) is 0 Å². The molecule has 6 heteroatoms. The summed E-state index contributed by atoms with van der Waals surface area (Å²) in [6.45, 7) is 1.80. The normalized spacial score (nSPS) is 21.6. The molecule has 0 fully saturated rings. The number of rotatable bonds is 3. The topological polar surface area (TPSA) is 78.4 Å². The van der Waals surface area contributed by atoms with Crippen LogP contribution in [0.3, 0.4) is 0 Å². The summed E-state index contributed by atoms with van der Waals surface area (Å²) in [6, 6.07) is -0.868. The van der Waals surface area contributed by atoms with E-state index in [1.165, 1.54) is 0 Å². The minimum Gasteiger partial charge on any atom is -0.478 e. The van der Waals surface area contributed by atoms with Gasteiger partial charge in [-0.2, -0.15) is 0 Å². The average Bonchev–Trinajstić information content (AvgIpc) is 2.15. The number of hydrogen-bond donors (Lipinski definition) is 3. The number of alkyl halides is 1. The van der Waals surface area contributed by atoms with Gasteiger partial charge in [-0.25, -0.2) is 9.59 Å². The molecule has 2 amide bonds. The summed E-state index contributed by atoms with van der Waals surface area (Å²) in [4.78, 5) is 22.0. The Kier molecular flexibility index (Phi) is 3.35. The number of allylic oxidation sites excluding steroid dienone is 1. The Morgan fingerprint density at radius 1 is 1.64 bits per heavy atom. The lowest BCUT2D eigenvalue weighted by Gasteiger charge is -2.26. The Bertz CT molecular complexity index is 301. The fraction of sp³-hybridized carbons (Fsp3) is 0.500. The van der Waals surface area contributed by atoms with Gasteiger partial charge in [0.25, 0.3) is 0 Å². The van der Waals surface area contributed by atoms with Crippen molar-refractivity contribution in [1.82, 2.24) is 10.6 Å². The first kappa shape index (κ1) is 10.8. The first-order chi connectivity index (χ1) is 6.60. The van der Waals surface area contributed by atoms with E-state index in [4.69, 9.17) is 16.7 Å². The summed E-state index contributed by atoms with van der Waals surface area (Å²) in [5.41, 5.74) is 0.414. The van der Waals surface area contributed by atoms with Gasteiger partial charge in [0.05, 0.1) is 17.5 Å². The molecule has 5 nitrogen and oxygen atoms in total. The molecule has 14 heavy (non-hydrogen) atoms. The van der Waals surface area contributed by atoms with Crippen molar-refractivity contribution in [2.45, 2.75) is 19.4 Å². The molecule has 0 bridgehead atoms. The maximum Gasteiger partial charge on any atom is 0.335 e. The van der Waals surface area contributed by atoms with E-state index in [9.17, 15) is 9.59 Å². The number of aliphatic carboxylic acids is 1. The first-order valence-electron chi connectivity index (χ1n) is 4.20. The summed E-state index contributed by atoms with van der Waals surface area (Å²) in [5.74, 6) is -1.06. The van der Waals surface area contributed by atoms with Gasteiger partial charge in [-0.1, -0.05) is 6.92 Å². The zero-order valence-electron chi connectivity index (χ0n) is 7.63. The molecular weight excluding hydrogens is 208 g/mol. The van der Waals surface area contributed by atoms with Crippen LogP contribution in [0.1, 0.15) is 13.3 Å². The van der Waals surface area contributed by atoms with Crippen molar-refractivity contribution >= 4 is 23.6 Å². The van der Waals surface area contributed by atoms with Crippen molar-refractivity contribution in [3.8, 4) is 0 Å². The van der Waals surface area contributed by atoms with Gasteiger partial charge in [0.1, 0.15) is 0 Å². The number of carbonyl (C=O) groups is 2. The van der Waals surface area contributed by atoms with Crippen molar-refractivity contribution in [3.05, 3.63) is 11.3 Å². The second-order valence-corrected chi connectivity index (χ2v) is 3.16. The molecular formula is C8H11ClN2O3. The highest BCUT2D eigenvalue weighted by Crippen LogP contribution is 2.15. The van der Waals surface area contributed by atoms with Crippen LogP contribution in [0, 0.1) is 0 Å². The molecule has 0 radical (unpaired) electrons. The summed E-state index contributed by atoms with van der Waals surface area (Å²) in [5, 5.41) is 13.8. The predicted octanol–water partition coefficient (Wildman–Crippen LogP) is 0.655. The molecule has 0 aromatic heterocycles. The number of urea groups is 1. The van der Waals surface area contributed by atoms with Gasteiger partial charge in [-0.3, -0.25) is 0 Å². The molecule has 0 saturated carbocycles. The second kappa shape index (κ2) is 4.32. The molecule has 1 heterocycles. The number of carboxylic acid groups (broad SMARTS) is 1. The van der Waals surface area contributed by atoms with Crippen molar-refractivity contribution in [2.24, 2.45) is 0 Å². The zero-order chi connectivity index (χ0) is 10.7. The highest BCUT2D eigenvalue weighted by Gasteiger charge is 2.29. The molecule has 0 aliphatic carbocycles. The van der Waals surface area contributed by atoms with Crippen LogP contribution in [0.5, 0.6) is 0 Å². The third kappa shape index (κ3) is 1.98. The fourth-order valence-electron chi connectivity index (χ4n) is 1.37. The van der Waals surface area contributed by atoms with Crippen LogP contribution in [-0.2, 0) is 4.79 Å². The Labute approximate surface area is 86.1 Å². The number of amides is 2. The van der Waals surface area contributed by atoms with Gasteiger partial charge < -0.3 is 15.7 Å². The van der Waals surface area contributed by atoms with Crippen LogP contribution >= 0.6 is 11.6 Å². The predicted molar refractivity (Wildman–Crippen MR) is 51.1 cm³/mol. The van der Waals surface area contributed by atoms with E-state index >= 15 is 0 Å². The van der Waals surface area contributed by atoms with Crippen molar-refractivity contribution in [1.29, 1.82) is 0 Å². The third-order valence-corrected chi connectivity index (χ3v) is 2.28. The van der Waals surface area contributed by atoms with E-state index in [0.29, 0.717) is 6.42 Å². The van der Waals surface area contributed by atoms with E-state index < -0.39 is 18.0 Å². The van der Waals surface area contributed by atoms with Gasteiger partial charge in [0.2, 0.25) is 0 Å². The Morgan fingerprint density at radius 3 is 2.71 bits per heavy atom. The summed E-state index contributed by atoms with van der Waals surface area (Å²) < 4.78 is 0. The largest absolute Gasteiger partial charge is 0.478 e. The summed E-state index contributed by atoms with van der Waals surface area (Å²) in [6.07, 6.45) is 0.523. The van der Waals surface area contributed by atoms with E-state index in [1.54, 1.807) is 6.92 Å². The second-order valence-electron chi connectivity index (χ2n) is 2.89. The summed E-state index contributed by atoms with van der Waals surface area (Å²) in [7, 11) is 0. The minimum atomic E-state index is -1.06. The standard InChI is InChI=1S/C8H11ClN2O3/c1-2-4-6(7(12)13)5(3-9)11-8(14)10-4/h4H,2-3H2,1H3,(H,12,13)(H2,10,11,14). The lowest BCUT2D eigenvalue weighted by molar-refractivity contribution is -0.133. The van der Waals surface area contributed by atoms with Crippen LogP contribution in [0.15, 0.2) is 11.3 Å². The highest BCUT2D eigenvalue weighted by atomic mass is 35.5. The number of carbonyl (C=O) groups excluding carboxylic acids is 1. The molecule has 1 aliphatic heterocycles. The highest BCUT2D eigenvalue weighted by molar-refractivity contribution is 6.20. The molecule has 1 aliphatic rings. The van der Waals surface area contributed by atoms with Crippen LogP contribution < -0.4 is 10.6 Å². The third-order valence-electron chi connectivity index (χ3n) is 2.02. The fourth-order valence-corrected chi connectivity index (χ4v) is 1.58. The Hall–Kier alpha value is -1.23.